The molecular formula is C27H63NO8Si3. The Bertz CT molecular complexity index is 613. The fraction of sp³-hybridized carbons (Fsp3) is 1.00. The van der Waals surface area contributed by atoms with E-state index in [0.29, 0.717) is 0 Å². The van der Waals surface area contributed by atoms with Crippen LogP contribution in [-0.4, -0.2) is 81.1 Å². The van der Waals surface area contributed by atoms with Crippen LogP contribution in [0.15, 0.2) is 0 Å². The zero-order valence-corrected chi connectivity index (χ0v) is 31.4. The second kappa shape index (κ2) is 16.2. The van der Waals surface area contributed by atoms with Gasteiger partial charge in [-0.3, -0.25) is 4.57 Å². The van der Waals surface area contributed by atoms with Crippen LogP contribution >= 0.6 is 0 Å². The molecule has 0 saturated heterocycles. The van der Waals surface area contributed by atoms with Gasteiger partial charge in [0.1, 0.15) is 0 Å². The lowest BCUT2D eigenvalue weighted by Gasteiger charge is -2.46. The van der Waals surface area contributed by atoms with E-state index in [4.69, 9.17) is 34.8 Å². The van der Waals surface area contributed by atoms with Gasteiger partial charge >= 0.3 is 26.8 Å². The minimum atomic E-state index is -3.80. The highest BCUT2D eigenvalue weighted by molar-refractivity contribution is 6.79. The van der Waals surface area contributed by atoms with Crippen molar-refractivity contribution < 1.29 is 34.8 Å². The third-order valence-corrected chi connectivity index (χ3v) is 17.1. The molecule has 0 aliphatic heterocycles. The molecule has 39 heavy (non-hydrogen) atoms. The van der Waals surface area contributed by atoms with Crippen LogP contribution in [-0.2, 0) is 34.8 Å². The standard InChI is InChI=1S/C27H63NO8Si3/c1-18-22(5)29-38(30-23(6)19-2,33-26(9,10)11)35-37(17,28(15)16)36-39(31-24(7)20-3,32-25(8)21-4)34-27(12,13)14/h22-25H,18-21H2,1-17H3. The Balaban J connectivity index is 7.06. The van der Waals surface area contributed by atoms with Gasteiger partial charge in [-0.05, 0) is 116 Å². The monoisotopic (exact) mass is 613 g/mol. The number of nitrogens with zero attached hydrogens (tertiary/aromatic N) is 1. The predicted octanol–water partition coefficient (Wildman–Crippen LogP) is 6.91. The van der Waals surface area contributed by atoms with Crippen LogP contribution in [0.1, 0.15) is 123 Å². The van der Waals surface area contributed by atoms with Crippen LogP contribution in [0.25, 0.3) is 0 Å². The molecule has 4 unspecified atom stereocenters. The summed E-state index contributed by atoms with van der Waals surface area (Å²) in [5.74, 6) is 0. The molecule has 0 amide bonds. The molecule has 0 aliphatic rings. The number of rotatable bonds is 19. The molecule has 0 rings (SSSR count). The summed E-state index contributed by atoms with van der Waals surface area (Å²) in [4.78, 5) is 0. The molecule has 236 valence electrons. The Morgan fingerprint density at radius 1 is 0.538 bits per heavy atom. The molecule has 0 fully saturated rings. The predicted molar refractivity (Wildman–Crippen MR) is 164 cm³/mol. The number of hydrogen-bond donors (Lipinski definition) is 0. The highest BCUT2D eigenvalue weighted by atomic mass is 28.5. The fourth-order valence-electron chi connectivity index (χ4n) is 3.03. The van der Waals surface area contributed by atoms with E-state index >= 15 is 0 Å². The SMILES string of the molecule is CCC(C)O[Si](OC(C)CC)(OC(C)(C)C)O[Si](C)(O[Si](OC(C)CC)(OC(C)CC)OC(C)(C)C)N(C)C. The Kier molecular flexibility index (Phi) is 16.3. The van der Waals surface area contributed by atoms with Crippen molar-refractivity contribution in [1.82, 2.24) is 4.57 Å². The van der Waals surface area contributed by atoms with Gasteiger partial charge in [-0.15, -0.1) is 0 Å². The van der Waals surface area contributed by atoms with Gasteiger partial charge in [0.15, 0.2) is 0 Å². The lowest BCUT2D eigenvalue weighted by Crippen LogP contribution is -2.71. The van der Waals surface area contributed by atoms with Gasteiger partial charge in [-0.25, -0.2) is 0 Å². The summed E-state index contributed by atoms with van der Waals surface area (Å²) in [5, 5.41) is 0. The minimum absolute atomic E-state index is 0.149. The highest BCUT2D eigenvalue weighted by Crippen LogP contribution is 2.34. The minimum Gasteiger partial charge on any atom is -0.358 e. The zero-order valence-electron chi connectivity index (χ0n) is 28.4. The smallest absolute Gasteiger partial charge is 0.358 e. The summed E-state index contributed by atoms with van der Waals surface area (Å²) in [6.07, 6.45) is 2.50. The van der Waals surface area contributed by atoms with Gasteiger partial charge in [0.2, 0.25) is 0 Å². The molecule has 12 heteroatoms. The first-order valence-corrected chi connectivity index (χ1v) is 20.3. The second-order valence-electron chi connectivity index (χ2n) is 12.8. The van der Waals surface area contributed by atoms with Gasteiger partial charge in [-0.2, -0.15) is 0 Å². The molecule has 0 aliphatic carbocycles. The largest absolute Gasteiger partial charge is 0.672 e. The maximum absolute atomic E-state index is 7.02. The molecule has 0 aromatic carbocycles. The second-order valence-corrected chi connectivity index (χ2v) is 20.4. The van der Waals surface area contributed by atoms with Crippen molar-refractivity contribution in [3.63, 3.8) is 0 Å². The Hall–Kier alpha value is 0.291. The van der Waals surface area contributed by atoms with Crippen LogP contribution in [0, 0.1) is 0 Å². The van der Waals surface area contributed by atoms with Crippen LogP contribution in [0.2, 0.25) is 6.55 Å². The van der Waals surface area contributed by atoms with E-state index in [9.17, 15) is 0 Å². The summed E-state index contributed by atoms with van der Waals surface area (Å²) in [6.45, 7) is 30.1. The lowest BCUT2D eigenvalue weighted by molar-refractivity contribution is -0.103. The fourth-order valence-corrected chi connectivity index (χ4v) is 14.3. The molecular weight excluding hydrogens is 551 g/mol. The summed E-state index contributed by atoms with van der Waals surface area (Å²) in [7, 11) is -7.16. The zero-order chi connectivity index (χ0) is 30.9. The van der Waals surface area contributed by atoms with E-state index < -0.39 is 38.0 Å². The first kappa shape index (κ1) is 39.3. The molecule has 0 aromatic heterocycles. The van der Waals surface area contributed by atoms with Crippen LogP contribution < -0.4 is 0 Å². The van der Waals surface area contributed by atoms with Crippen molar-refractivity contribution in [2.45, 2.75) is 165 Å². The Morgan fingerprint density at radius 3 is 0.923 bits per heavy atom. The summed E-state index contributed by atoms with van der Waals surface area (Å²) in [5.41, 5.74) is -1.18. The topological polar surface area (TPSA) is 77.1 Å². The third kappa shape index (κ3) is 14.8. The first-order valence-electron chi connectivity index (χ1n) is 14.8. The van der Waals surface area contributed by atoms with Gasteiger partial charge in [-0.1, -0.05) is 27.7 Å². The lowest BCUT2D eigenvalue weighted by atomic mass is 10.2. The molecule has 0 radical (unpaired) electrons. The summed E-state index contributed by atoms with van der Waals surface area (Å²) >= 11 is 0. The van der Waals surface area contributed by atoms with Gasteiger partial charge in [0.25, 0.3) is 0 Å². The van der Waals surface area contributed by atoms with E-state index in [-0.39, 0.29) is 24.4 Å². The van der Waals surface area contributed by atoms with Crippen molar-refractivity contribution >= 4 is 26.8 Å². The molecule has 9 nitrogen and oxygen atoms in total. The molecule has 0 aromatic rings. The van der Waals surface area contributed by atoms with Crippen molar-refractivity contribution in [2.24, 2.45) is 0 Å². The van der Waals surface area contributed by atoms with Crippen molar-refractivity contribution in [1.29, 1.82) is 0 Å². The molecule has 0 spiro atoms. The Morgan fingerprint density at radius 2 is 0.769 bits per heavy atom. The molecule has 0 bridgehead atoms. The van der Waals surface area contributed by atoms with E-state index in [2.05, 4.69) is 27.7 Å². The molecule has 0 saturated carbocycles. The van der Waals surface area contributed by atoms with Crippen LogP contribution in [0.5, 0.6) is 0 Å². The van der Waals surface area contributed by atoms with Gasteiger partial charge in [0, 0.05) is 24.4 Å². The summed E-state index contributed by atoms with van der Waals surface area (Å²) < 4.78 is 55.6. The number of hydrogen-bond acceptors (Lipinski definition) is 9. The van der Waals surface area contributed by atoms with E-state index in [0.717, 1.165) is 25.7 Å². The Labute approximate surface area is 244 Å². The highest BCUT2D eigenvalue weighted by Gasteiger charge is 2.63. The molecule has 4 atom stereocenters. The average Bonchev–Trinajstić information content (AvgIpc) is 2.75. The molecule has 0 heterocycles. The first-order chi connectivity index (χ1) is 17.6. The van der Waals surface area contributed by atoms with Crippen LogP contribution in [0.4, 0.5) is 0 Å². The average molecular weight is 614 g/mol. The quantitative estimate of drug-likeness (QED) is 0.144. The van der Waals surface area contributed by atoms with Crippen LogP contribution in [0.3, 0.4) is 0 Å². The van der Waals surface area contributed by atoms with Gasteiger partial charge in [0.05, 0.1) is 11.2 Å². The maximum atomic E-state index is 7.02. The van der Waals surface area contributed by atoms with Crippen molar-refractivity contribution in [3.8, 4) is 0 Å². The normalized spacial score (nSPS) is 21.1. The van der Waals surface area contributed by atoms with Crippen molar-refractivity contribution in [3.05, 3.63) is 0 Å². The van der Waals surface area contributed by atoms with E-state index in [1.807, 2.05) is 94.4 Å². The molecule has 0 N–H and O–H groups in total. The third-order valence-electron chi connectivity index (χ3n) is 5.99. The van der Waals surface area contributed by atoms with Crippen molar-refractivity contribution in [2.75, 3.05) is 14.1 Å². The summed E-state index contributed by atoms with van der Waals surface area (Å²) in [6, 6.07) is 0. The van der Waals surface area contributed by atoms with E-state index in [1.54, 1.807) is 0 Å². The van der Waals surface area contributed by atoms with E-state index in [1.165, 1.54) is 0 Å². The maximum Gasteiger partial charge on any atom is 0.672 e. The van der Waals surface area contributed by atoms with Gasteiger partial charge < -0.3 is 34.8 Å².